The topological polar surface area (TPSA) is 49.9 Å². The molecule has 5 rings (SSSR count). The Morgan fingerprint density at radius 1 is 0.759 bits per heavy atom. The van der Waals surface area contributed by atoms with Gasteiger partial charge in [0.25, 0.3) is 5.91 Å². The first kappa shape index (κ1) is 17.6. The molecule has 29 heavy (non-hydrogen) atoms. The number of benzene rings is 3. The summed E-state index contributed by atoms with van der Waals surface area (Å²) in [6.07, 6.45) is -1.01. The number of hydrogen-bond acceptors (Lipinski definition) is 4. The van der Waals surface area contributed by atoms with E-state index in [1.165, 1.54) is 18.2 Å². The molecule has 2 aliphatic heterocycles. The zero-order valence-corrected chi connectivity index (χ0v) is 15.3. The van der Waals surface area contributed by atoms with E-state index in [-0.39, 0.29) is 5.69 Å². The fraction of sp³-hybridized carbons (Fsp3) is 0.130. The van der Waals surface area contributed by atoms with E-state index < -0.39 is 35.7 Å². The Morgan fingerprint density at radius 3 is 2.07 bits per heavy atom. The van der Waals surface area contributed by atoms with Gasteiger partial charge >= 0.3 is 0 Å². The van der Waals surface area contributed by atoms with E-state index in [1.807, 2.05) is 60.7 Å². The lowest BCUT2D eigenvalue weighted by Gasteiger charge is -2.28. The van der Waals surface area contributed by atoms with Gasteiger partial charge in [-0.2, -0.15) is 0 Å². The van der Waals surface area contributed by atoms with Crippen molar-refractivity contribution < 1.29 is 18.8 Å². The summed E-state index contributed by atoms with van der Waals surface area (Å²) in [5, 5.41) is 1.62. The number of anilines is 2. The van der Waals surface area contributed by atoms with Crippen LogP contribution in [-0.2, 0) is 14.4 Å². The molecular formula is C23H17FN2O3. The quantitative estimate of drug-likeness (QED) is 0.639. The number of carbonyl (C=O) groups is 2. The second-order valence-electron chi connectivity index (χ2n) is 7.03. The van der Waals surface area contributed by atoms with Crippen LogP contribution in [0.25, 0.3) is 0 Å². The van der Waals surface area contributed by atoms with Gasteiger partial charge in [0.2, 0.25) is 5.91 Å². The lowest BCUT2D eigenvalue weighted by Crippen LogP contribution is -2.37. The van der Waals surface area contributed by atoms with Crippen LogP contribution < -0.4 is 9.96 Å². The number of imide groups is 1. The number of hydrogen-bond donors (Lipinski definition) is 0. The van der Waals surface area contributed by atoms with Gasteiger partial charge in [0.05, 0.1) is 17.4 Å². The highest BCUT2D eigenvalue weighted by atomic mass is 19.1. The van der Waals surface area contributed by atoms with E-state index in [1.54, 1.807) is 11.1 Å². The number of rotatable bonds is 3. The second-order valence-corrected chi connectivity index (χ2v) is 7.03. The normalized spacial score (nSPS) is 23.6. The standard InChI is InChI=1S/C23H17FN2O3/c24-17-13-7-8-14-18(17)25-22(27)19-20(15-9-3-1-4-10-15)26(29-21(19)23(25)28)16-11-5-2-6-12-16/h1-14,19-21H/t19-,20+,21+/m0/s1. The lowest BCUT2D eigenvalue weighted by atomic mass is 9.90. The number of hydroxylamine groups is 1. The molecule has 0 bridgehead atoms. The molecule has 2 aliphatic rings. The summed E-state index contributed by atoms with van der Waals surface area (Å²) < 4.78 is 14.3. The van der Waals surface area contributed by atoms with Crippen LogP contribution in [0.2, 0.25) is 0 Å². The van der Waals surface area contributed by atoms with Crippen LogP contribution >= 0.6 is 0 Å². The largest absolute Gasteiger partial charge is 0.273 e. The lowest BCUT2D eigenvalue weighted by molar-refractivity contribution is -0.126. The molecule has 2 saturated heterocycles. The number of nitrogens with zero attached hydrogens (tertiary/aromatic N) is 2. The highest BCUT2D eigenvalue weighted by molar-refractivity contribution is 6.24. The third kappa shape index (κ3) is 2.72. The summed E-state index contributed by atoms with van der Waals surface area (Å²) in [6.45, 7) is 0. The van der Waals surface area contributed by atoms with Gasteiger partial charge in [-0.05, 0) is 29.8 Å². The minimum Gasteiger partial charge on any atom is -0.273 e. The van der Waals surface area contributed by atoms with Gasteiger partial charge in [-0.1, -0.05) is 60.7 Å². The van der Waals surface area contributed by atoms with Gasteiger partial charge in [-0.25, -0.2) is 14.4 Å². The van der Waals surface area contributed by atoms with Crippen LogP contribution in [0.5, 0.6) is 0 Å². The number of fused-ring (bicyclic) bond motifs is 1. The van der Waals surface area contributed by atoms with Crippen LogP contribution in [0.1, 0.15) is 11.6 Å². The molecule has 0 spiro atoms. The van der Waals surface area contributed by atoms with Crippen molar-refractivity contribution in [2.45, 2.75) is 12.1 Å². The van der Waals surface area contributed by atoms with Crippen molar-refractivity contribution in [2.75, 3.05) is 9.96 Å². The van der Waals surface area contributed by atoms with Crippen molar-refractivity contribution in [3.63, 3.8) is 0 Å². The van der Waals surface area contributed by atoms with Gasteiger partial charge in [0, 0.05) is 0 Å². The second kappa shape index (κ2) is 6.83. The Morgan fingerprint density at radius 2 is 1.38 bits per heavy atom. The van der Waals surface area contributed by atoms with Crippen LogP contribution in [0, 0.1) is 11.7 Å². The predicted octanol–water partition coefficient (Wildman–Crippen LogP) is 3.88. The molecule has 3 atom stereocenters. The third-order valence-electron chi connectivity index (χ3n) is 5.36. The van der Waals surface area contributed by atoms with Crippen molar-refractivity contribution in [3.8, 4) is 0 Å². The third-order valence-corrected chi connectivity index (χ3v) is 5.36. The first-order valence-electron chi connectivity index (χ1n) is 9.35. The number of amides is 2. The molecular weight excluding hydrogens is 371 g/mol. The molecule has 0 unspecified atom stereocenters. The Kier molecular flexibility index (Phi) is 4.14. The minimum atomic E-state index is -1.01. The molecule has 0 saturated carbocycles. The van der Waals surface area contributed by atoms with E-state index >= 15 is 0 Å². The summed E-state index contributed by atoms with van der Waals surface area (Å²) >= 11 is 0. The fourth-order valence-corrected chi connectivity index (χ4v) is 4.07. The highest BCUT2D eigenvalue weighted by Crippen LogP contribution is 2.47. The molecule has 0 aromatic heterocycles. The molecule has 3 aromatic carbocycles. The Labute approximate surface area is 166 Å². The average Bonchev–Trinajstić information content (AvgIpc) is 3.26. The van der Waals surface area contributed by atoms with E-state index in [9.17, 15) is 14.0 Å². The first-order chi connectivity index (χ1) is 14.2. The maximum Gasteiger partial charge on any atom is 0.266 e. The Hall–Kier alpha value is -3.51. The fourth-order valence-electron chi connectivity index (χ4n) is 4.07. The van der Waals surface area contributed by atoms with Crippen LogP contribution in [0.4, 0.5) is 15.8 Å². The van der Waals surface area contributed by atoms with Crippen LogP contribution in [0.3, 0.4) is 0 Å². The average molecular weight is 388 g/mol. The van der Waals surface area contributed by atoms with E-state index in [0.29, 0.717) is 0 Å². The summed E-state index contributed by atoms with van der Waals surface area (Å²) in [6, 6.07) is 24.0. The first-order valence-corrected chi connectivity index (χ1v) is 9.35. The van der Waals surface area contributed by atoms with E-state index in [0.717, 1.165) is 16.2 Å². The minimum absolute atomic E-state index is 0.0430. The smallest absolute Gasteiger partial charge is 0.266 e. The maximum absolute atomic E-state index is 14.3. The predicted molar refractivity (Wildman–Crippen MR) is 105 cm³/mol. The van der Waals surface area contributed by atoms with Crippen LogP contribution in [-0.4, -0.2) is 17.9 Å². The molecule has 0 N–H and O–H groups in total. The number of para-hydroxylation sites is 2. The molecule has 144 valence electrons. The summed E-state index contributed by atoms with van der Waals surface area (Å²) in [5.74, 6) is -2.41. The zero-order chi connectivity index (χ0) is 20.0. The van der Waals surface area contributed by atoms with Gasteiger partial charge in [0.15, 0.2) is 6.10 Å². The molecule has 0 radical (unpaired) electrons. The summed E-state index contributed by atoms with van der Waals surface area (Å²) in [5.41, 5.74) is 1.55. The van der Waals surface area contributed by atoms with Gasteiger partial charge < -0.3 is 0 Å². The molecule has 5 nitrogen and oxygen atoms in total. The SMILES string of the molecule is O=C1[C@H]2[C@@H](c3ccccc3)N(c3ccccc3)O[C@H]2C(=O)N1c1ccccc1F. The van der Waals surface area contributed by atoms with Crippen molar-refractivity contribution in [3.05, 3.63) is 96.3 Å². The molecule has 2 heterocycles. The number of halogens is 1. The van der Waals surface area contributed by atoms with Crippen molar-refractivity contribution in [1.82, 2.24) is 0 Å². The van der Waals surface area contributed by atoms with Gasteiger partial charge in [-0.3, -0.25) is 14.4 Å². The van der Waals surface area contributed by atoms with Crippen LogP contribution in [0.15, 0.2) is 84.9 Å². The van der Waals surface area contributed by atoms with Gasteiger partial charge in [0.1, 0.15) is 11.7 Å². The summed E-state index contributed by atoms with van der Waals surface area (Å²) in [7, 11) is 0. The van der Waals surface area contributed by atoms with Crippen molar-refractivity contribution >= 4 is 23.2 Å². The molecule has 3 aromatic rings. The maximum atomic E-state index is 14.3. The molecule has 2 fully saturated rings. The Bertz CT molecular complexity index is 1070. The Balaban J connectivity index is 1.60. The summed E-state index contributed by atoms with van der Waals surface area (Å²) in [4.78, 5) is 33.4. The molecule has 2 amide bonds. The zero-order valence-electron chi connectivity index (χ0n) is 15.3. The van der Waals surface area contributed by atoms with Gasteiger partial charge in [-0.15, -0.1) is 0 Å². The number of carbonyl (C=O) groups excluding carboxylic acids is 2. The molecule has 6 heteroatoms. The van der Waals surface area contributed by atoms with E-state index in [2.05, 4.69) is 0 Å². The van der Waals surface area contributed by atoms with Crippen molar-refractivity contribution in [1.29, 1.82) is 0 Å². The van der Waals surface area contributed by atoms with E-state index in [4.69, 9.17) is 4.84 Å². The van der Waals surface area contributed by atoms with Crippen molar-refractivity contribution in [2.24, 2.45) is 5.92 Å². The highest BCUT2D eigenvalue weighted by Gasteiger charge is 2.60. The monoisotopic (exact) mass is 388 g/mol. The molecule has 0 aliphatic carbocycles.